The van der Waals surface area contributed by atoms with Gasteiger partial charge in [0.2, 0.25) is 0 Å². The van der Waals surface area contributed by atoms with Gasteiger partial charge in [0.25, 0.3) is 5.91 Å². The Morgan fingerprint density at radius 1 is 1.30 bits per heavy atom. The molecule has 0 unspecified atom stereocenters. The SMILES string of the molecule is CONC(=O)c1ccccc1Nc1cc(C)ncc1Cl. The van der Waals surface area contributed by atoms with E-state index in [1.807, 2.05) is 19.1 Å². The number of anilines is 2. The number of hydrogen-bond acceptors (Lipinski definition) is 4. The highest BCUT2D eigenvalue weighted by Gasteiger charge is 2.12. The van der Waals surface area contributed by atoms with Crippen molar-refractivity contribution >= 4 is 28.9 Å². The van der Waals surface area contributed by atoms with Crippen molar-refractivity contribution in [2.24, 2.45) is 0 Å². The summed E-state index contributed by atoms with van der Waals surface area (Å²) in [5.41, 5.74) is 4.90. The smallest absolute Gasteiger partial charge is 0.276 e. The van der Waals surface area contributed by atoms with Crippen molar-refractivity contribution in [2.75, 3.05) is 12.4 Å². The summed E-state index contributed by atoms with van der Waals surface area (Å²) in [4.78, 5) is 20.6. The summed E-state index contributed by atoms with van der Waals surface area (Å²) in [6.07, 6.45) is 1.57. The standard InChI is InChI=1S/C14H14ClN3O2/c1-9-7-13(11(15)8-16-9)17-12-6-4-3-5-10(12)14(19)18-20-2/h3-8H,1-2H3,(H,16,17)(H,18,19). The maximum Gasteiger partial charge on any atom is 0.276 e. The van der Waals surface area contributed by atoms with Crippen molar-refractivity contribution < 1.29 is 9.63 Å². The Bertz CT molecular complexity index is 632. The number of benzene rings is 1. The highest BCUT2D eigenvalue weighted by Crippen LogP contribution is 2.27. The van der Waals surface area contributed by atoms with Gasteiger partial charge in [-0.25, -0.2) is 5.48 Å². The zero-order chi connectivity index (χ0) is 14.5. The second kappa shape index (κ2) is 6.36. The van der Waals surface area contributed by atoms with Gasteiger partial charge in [-0.05, 0) is 25.1 Å². The Hall–Kier alpha value is -2.11. The number of nitrogens with one attached hydrogen (secondary N) is 2. The van der Waals surface area contributed by atoms with E-state index in [9.17, 15) is 4.79 Å². The molecule has 0 bridgehead atoms. The van der Waals surface area contributed by atoms with Gasteiger partial charge in [-0.15, -0.1) is 0 Å². The molecule has 2 rings (SSSR count). The Balaban J connectivity index is 2.34. The molecule has 0 aliphatic rings. The monoisotopic (exact) mass is 291 g/mol. The van der Waals surface area contributed by atoms with Gasteiger partial charge in [-0.3, -0.25) is 14.6 Å². The van der Waals surface area contributed by atoms with E-state index in [4.69, 9.17) is 11.6 Å². The number of hydroxylamine groups is 1. The van der Waals surface area contributed by atoms with E-state index in [-0.39, 0.29) is 5.91 Å². The third-order valence-corrected chi connectivity index (χ3v) is 2.93. The van der Waals surface area contributed by atoms with Gasteiger partial charge in [0, 0.05) is 11.9 Å². The lowest BCUT2D eigenvalue weighted by Gasteiger charge is -2.12. The number of carbonyl (C=O) groups is 1. The number of aromatic nitrogens is 1. The Morgan fingerprint density at radius 2 is 2.05 bits per heavy atom. The first-order chi connectivity index (χ1) is 9.61. The van der Waals surface area contributed by atoms with Crippen LogP contribution in [0.25, 0.3) is 0 Å². The van der Waals surface area contributed by atoms with Crippen molar-refractivity contribution in [3.63, 3.8) is 0 Å². The third-order valence-electron chi connectivity index (χ3n) is 2.63. The van der Waals surface area contributed by atoms with Gasteiger partial charge < -0.3 is 5.32 Å². The number of amides is 1. The number of para-hydroxylation sites is 1. The summed E-state index contributed by atoms with van der Waals surface area (Å²) < 4.78 is 0. The molecule has 1 heterocycles. The van der Waals surface area contributed by atoms with Crippen LogP contribution in [-0.2, 0) is 4.84 Å². The predicted octanol–water partition coefficient (Wildman–Crippen LogP) is 3.08. The van der Waals surface area contributed by atoms with Crippen LogP contribution in [0.5, 0.6) is 0 Å². The van der Waals surface area contributed by atoms with E-state index >= 15 is 0 Å². The molecule has 0 saturated heterocycles. The van der Waals surface area contributed by atoms with Crippen LogP contribution in [0.15, 0.2) is 36.5 Å². The minimum atomic E-state index is -0.336. The average Bonchev–Trinajstić information content (AvgIpc) is 2.44. The van der Waals surface area contributed by atoms with Crippen LogP contribution in [0.2, 0.25) is 5.02 Å². The minimum Gasteiger partial charge on any atom is -0.354 e. The molecule has 0 aliphatic carbocycles. The molecule has 20 heavy (non-hydrogen) atoms. The highest BCUT2D eigenvalue weighted by molar-refractivity contribution is 6.33. The summed E-state index contributed by atoms with van der Waals surface area (Å²) in [5, 5.41) is 3.62. The number of carbonyl (C=O) groups excluding carboxylic acids is 1. The number of rotatable bonds is 4. The second-order valence-electron chi connectivity index (χ2n) is 4.11. The first kappa shape index (κ1) is 14.3. The zero-order valence-electron chi connectivity index (χ0n) is 11.1. The minimum absolute atomic E-state index is 0.336. The highest BCUT2D eigenvalue weighted by atomic mass is 35.5. The maximum atomic E-state index is 11.9. The molecule has 1 amide bonds. The Morgan fingerprint density at radius 3 is 2.80 bits per heavy atom. The Labute approximate surface area is 121 Å². The second-order valence-corrected chi connectivity index (χ2v) is 4.52. The topological polar surface area (TPSA) is 63.2 Å². The molecule has 0 fully saturated rings. The fourth-order valence-electron chi connectivity index (χ4n) is 1.72. The van der Waals surface area contributed by atoms with Gasteiger partial charge >= 0.3 is 0 Å². The normalized spacial score (nSPS) is 10.2. The first-order valence-electron chi connectivity index (χ1n) is 5.93. The molecular formula is C14H14ClN3O2. The van der Waals surface area contributed by atoms with Gasteiger partial charge in [-0.1, -0.05) is 23.7 Å². The van der Waals surface area contributed by atoms with Crippen LogP contribution >= 0.6 is 11.6 Å². The zero-order valence-corrected chi connectivity index (χ0v) is 11.9. The largest absolute Gasteiger partial charge is 0.354 e. The van der Waals surface area contributed by atoms with Gasteiger partial charge in [0.1, 0.15) is 0 Å². The molecule has 104 valence electrons. The number of hydrogen-bond donors (Lipinski definition) is 2. The lowest BCUT2D eigenvalue weighted by Crippen LogP contribution is -2.22. The molecule has 1 aromatic carbocycles. The molecule has 2 N–H and O–H groups in total. The van der Waals surface area contributed by atoms with E-state index < -0.39 is 0 Å². The summed E-state index contributed by atoms with van der Waals surface area (Å²) in [5.74, 6) is -0.336. The van der Waals surface area contributed by atoms with Crippen LogP contribution in [0.3, 0.4) is 0 Å². The molecule has 5 nitrogen and oxygen atoms in total. The lowest BCUT2D eigenvalue weighted by molar-refractivity contribution is 0.0538. The summed E-state index contributed by atoms with van der Waals surface area (Å²) in [7, 11) is 1.39. The van der Waals surface area contributed by atoms with E-state index in [0.29, 0.717) is 22.0 Å². The van der Waals surface area contributed by atoms with E-state index in [1.54, 1.807) is 24.4 Å². The third kappa shape index (κ3) is 3.26. The van der Waals surface area contributed by atoms with Crippen LogP contribution < -0.4 is 10.8 Å². The van der Waals surface area contributed by atoms with E-state index in [1.165, 1.54) is 7.11 Å². The van der Waals surface area contributed by atoms with Crippen LogP contribution in [0, 0.1) is 6.92 Å². The quantitative estimate of drug-likeness (QED) is 0.850. The van der Waals surface area contributed by atoms with Crippen molar-refractivity contribution in [1.82, 2.24) is 10.5 Å². The summed E-state index contributed by atoms with van der Waals surface area (Å²) in [6, 6.07) is 8.89. The van der Waals surface area contributed by atoms with Crippen molar-refractivity contribution in [1.29, 1.82) is 0 Å². The maximum absolute atomic E-state index is 11.9. The molecule has 6 heteroatoms. The molecule has 1 aromatic heterocycles. The van der Waals surface area contributed by atoms with Gasteiger partial charge in [0.05, 0.1) is 29.1 Å². The molecule has 0 radical (unpaired) electrons. The molecule has 0 saturated carbocycles. The first-order valence-corrected chi connectivity index (χ1v) is 6.31. The van der Waals surface area contributed by atoms with Crippen LogP contribution in [0.1, 0.15) is 16.1 Å². The molecule has 0 aliphatic heterocycles. The number of pyridine rings is 1. The molecule has 0 atom stereocenters. The average molecular weight is 292 g/mol. The van der Waals surface area contributed by atoms with Crippen molar-refractivity contribution in [3.8, 4) is 0 Å². The molecular weight excluding hydrogens is 278 g/mol. The predicted molar refractivity (Wildman–Crippen MR) is 78.2 cm³/mol. The fourth-order valence-corrected chi connectivity index (χ4v) is 1.87. The number of aryl methyl sites for hydroxylation is 1. The van der Waals surface area contributed by atoms with Crippen LogP contribution in [0.4, 0.5) is 11.4 Å². The lowest BCUT2D eigenvalue weighted by atomic mass is 10.1. The molecule has 2 aromatic rings. The van der Waals surface area contributed by atoms with Crippen LogP contribution in [-0.4, -0.2) is 18.0 Å². The fraction of sp³-hybridized carbons (Fsp3) is 0.143. The van der Waals surface area contributed by atoms with Crippen molar-refractivity contribution in [3.05, 3.63) is 52.8 Å². The van der Waals surface area contributed by atoms with Gasteiger partial charge in [0.15, 0.2) is 0 Å². The number of nitrogens with zero attached hydrogens (tertiary/aromatic N) is 1. The molecule has 0 spiro atoms. The summed E-state index contributed by atoms with van der Waals surface area (Å²) in [6.45, 7) is 1.87. The van der Waals surface area contributed by atoms with E-state index in [2.05, 4.69) is 20.6 Å². The van der Waals surface area contributed by atoms with Gasteiger partial charge in [-0.2, -0.15) is 0 Å². The summed E-state index contributed by atoms with van der Waals surface area (Å²) >= 11 is 6.09. The van der Waals surface area contributed by atoms with Crippen molar-refractivity contribution in [2.45, 2.75) is 6.92 Å². The Kier molecular flexibility index (Phi) is 4.55. The number of halogens is 1. The van der Waals surface area contributed by atoms with E-state index in [0.717, 1.165) is 5.69 Å².